The minimum atomic E-state index is 0.0734. The molecule has 25 heavy (non-hydrogen) atoms. The van der Waals surface area contributed by atoms with Crippen molar-refractivity contribution in [2.45, 2.75) is 25.5 Å². The number of nitrogens with zero attached hydrogens (tertiary/aromatic N) is 3. The smallest absolute Gasteiger partial charge is 0.137 e. The number of pyridine rings is 1. The number of para-hydroxylation sites is 1. The van der Waals surface area contributed by atoms with Gasteiger partial charge in [0.2, 0.25) is 0 Å². The molecule has 0 amide bonds. The van der Waals surface area contributed by atoms with Crippen LogP contribution in [-0.4, -0.2) is 27.7 Å². The molecule has 5 heteroatoms. The van der Waals surface area contributed by atoms with Crippen LogP contribution in [0.5, 0.6) is 0 Å². The Morgan fingerprint density at radius 2 is 2.16 bits per heavy atom. The van der Waals surface area contributed by atoms with Crippen LogP contribution in [0.2, 0.25) is 0 Å². The summed E-state index contributed by atoms with van der Waals surface area (Å²) in [4.78, 5) is 9.26. The molecule has 2 aromatic heterocycles. The molecule has 130 valence electrons. The van der Waals surface area contributed by atoms with E-state index in [4.69, 9.17) is 9.72 Å². The van der Waals surface area contributed by atoms with Gasteiger partial charge in [0.1, 0.15) is 11.9 Å². The minimum absolute atomic E-state index is 0.0734. The maximum atomic E-state index is 5.95. The van der Waals surface area contributed by atoms with Crippen molar-refractivity contribution in [3.05, 3.63) is 60.3 Å². The Hall–Kier alpha value is -2.24. The molecule has 0 bridgehead atoms. The highest BCUT2D eigenvalue weighted by Gasteiger charge is 2.32. The van der Waals surface area contributed by atoms with Gasteiger partial charge in [-0.3, -0.25) is 4.98 Å². The lowest BCUT2D eigenvalue weighted by atomic mass is 10.00. The van der Waals surface area contributed by atoms with Crippen LogP contribution < -0.4 is 5.32 Å². The summed E-state index contributed by atoms with van der Waals surface area (Å²) in [6, 6.07) is 12.7. The average molecular weight is 336 g/mol. The molecule has 3 aromatic rings. The first-order valence-corrected chi connectivity index (χ1v) is 8.90. The van der Waals surface area contributed by atoms with E-state index in [-0.39, 0.29) is 12.1 Å². The number of nitrogens with one attached hydrogen (secondary N) is 1. The third-order valence-electron chi connectivity index (χ3n) is 5.08. The van der Waals surface area contributed by atoms with Crippen LogP contribution in [0.1, 0.15) is 37.0 Å². The summed E-state index contributed by atoms with van der Waals surface area (Å²) in [5.74, 6) is 1.45. The van der Waals surface area contributed by atoms with Crippen molar-refractivity contribution in [2.75, 3.05) is 13.2 Å². The van der Waals surface area contributed by atoms with Gasteiger partial charge in [-0.2, -0.15) is 0 Å². The van der Waals surface area contributed by atoms with Gasteiger partial charge in [0.15, 0.2) is 0 Å². The second kappa shape index (κ2) is 6.94. The van der Waals surface area contributed by atoms with Crippen molar-refractivity contribution < 1.29 is 4.74 Å². The molecular formula is C20H24N4O. The molecule has 3 atom stereocenters. The number of rotatable bonds is 5. The molecule has 0 spiro atoms. The monoisotopic (exact) mass is 336 g/mol. The first-order valence-electron chi connectivity index (χ1n) is 8.90. The van der Waals surface area contributed by atoms with E-state index in [0.717, 1.165) is 36.6 Å². The molecule has 1 N–H and O–H groups in total. The van der Waals surface area contributed by atoms with Gasteiger partial charge in [0, 0.05) is 49.9 Å². The number of fused-ring (bicyclic) bond motifs is 1. The van der Waals surface area contributed by atoms with Crippen LogP contribution in [0.25, 0.3) is 10.9 Å². The third-order valence-corrected chi connectivity index (χ3v) is 5.08. The first kappa shape index (κ1) is 16.2. The van der Waals surface area contributed by atoms with E-state index in [9.17, 15) is 0 Å². The Morgan fingerprint density at radius 1 is 1.28 bits per heavy atom. The van der Waals surface area contributed by atoms with Crippen molar-refractivity contribution in [3.63, 3.8) is 0 Å². The summed E-state index contributed by atoms with van der Waals surface area (Å²) < 4.78 is 8.00. The lowest BCUT2D eigenvalue weighted by Gasteiger charge is -2.21. The summed E-state index contributed by atoms with van der Waals surface area (Å²) in [7, 11) is 2.02. The summed E-state index contributed by atoms with van der Waals surface area (Å²) in [6.07, 6.45) is 4.94. The largest absolute Gasteiger partial charge is 0.370 e. The molecule has 1 unspecified atom stereocenters. The molecule has 0 saturated carbocycles. The van der Waals surface area contributed by atoms with Gasteiger partial charge in [-0.05, 0) is 25.5 Å². The fourth-order valence-electron chi connectivity index (χ4n) is 3.54. The maximum Gasteiger partial charge on any atom is 0.137 e. The molecule has 4 rings (SSSR count). The van der Waals surface area contributed by atoms with Gasteiger partial charge in [0.25, 0.3) is 0 Å². The van der Waals surface area contributed by atoms with E-state index in [1.165, 1.54) is 5.39 Å². The quantitative estimate of drug-likeness (QED) is 0.776. The Morgan fingerprint density at radius 3 is 3.00 bits per heavy atom. The molecule has 3 heterocycles. The zero-order chi connectivity index (χ0) is 17.2. The summed E-state index contributed by atoms with van der Waals surface area (Å²) >= 11 is 0. The third kappa shape index (κ3) is 3.30. The Labute approximate surface area is 148 Å². The lowest BCUT2D eigenvalue weighted by molar-refractivity contribution is 0.0805. The SMILES string of the molecule is CC(NC[C@@H]1CCO[C@H]1c1nccn1C)c1ccc2ccccc2n1. The van der Waals surface area contributed by atoms with Crippen LogP contribution in [-0.2, 0) is 11.8 Å². The van der Waals surface area contributed by atoms with Crippen molar-refractivity contribution in [2.24, 2.45) is 13.0 Å². The standard InChI is InChI=1S/C20H24N4O/c1-14(17-8-7-15-5-3-4-6-18(15)23-17)22-13-16-9-12-25-19(16)20-21-10-11-24(20)2/h3-8,10-11,14,16,19,22H,9,12-13H2,1-2H3/t14?,16-,19+/m0/s1. The molecule has 1 fully saturated rings. The highest BCUT2D eigenvalue weighted by atomic mass is 16.5. The van der Waals surface area contributed by atoms with Crippen LogP contribution in [0, 0.1) is 5.92 Å². The van der Waals surface area contributed by atoms with Crippen LogP contribution in [0.15, 0.2) is 48.8 Å². The van der Waals surface area contributed by atoms with Gasteiger partial charge in [-0.25, -0.2) is 4.98 Å². The van der Waals surface area contributed by atoms with Gasteiger partial charge in [-0.1, -0.05) is 24.3 Å². The van der Waals surface area contributed by atoms with Gasteiger partial charge < -0.3 is 14.6 Å². The predicted octanol–water partition coefficient (Wildman–Crippen LogP) is 3.40. The number of aromatic nitrogens is 3. The lowest BCUT2D eigenvalue weighted by Crippen LogP contribution is -2.28. The molecule has 0 aliphatic carbocycles. The predicted molar refractivity (Wildman–Crippen MR) is 98.2 cm³/mol. The van der Waals surface area contributed by atoms with Crippen molar-refractivity contribution in [1.29, 1.82) is 0 Å². The average Bonchev–Trinajstić information content (AvgIpc) is 3.27. The number of benzene rings is 1. The van der Waals surface area contributed by atoms with Crippen molar-refractivity contribution in [1.82, 2.24) is 19.9 Å². The number of aryl methyl sites for hydroxylation is 1. The van der Waals surface area contributed by atoms with E-state index in [0.29, 0.717) is 5.92 Å². The zero-order valence-corrected chi connectivity index (χ0v) is 14.7. The highest BCUT2D eigenvalue weighted by molar-refractivity contribution is 5.78. The van der Waals surface area contributed by atoms with Crippen LogP contribution in [0.3, 0.4) is 0 Å². The molecule has 1 aromatic carbocycles. The number of imidazole rings is 1. The Balaban J connectivity index is 1.43. The summed E-state index contributed by atoms with van der Waals surface area (Å²) in [6.45, 7) is 3.86. The molecule has 1 saturated heterocycles. The highest BCUT2D eigenvalue weighted by Crippen LogP contribution is 2.33. The fraction of sp³-hybridized carbons (Fsp3) is 0.400. The van der Waals surface area contributed by atoms with E-state index >= 15 is 0 Å². The summed E-state index contributed by atoms with van der Waals surface area (Å²) in [5.41, 5.74) is 2.12. The summed E-state index contributed by atoms with van der Waals surface area (Å²) in [5, 5.41) is 4.82. The molecule has 5 nitrogen and oxygen atoms in total. The van der Waals surface area contributed by atoms with Crippen LogP contribution >= 0.6 is 0 Å². The number of hydrogen-bond donors (Lipinski definition) is 1. The number of ether oxygens (including phenoxy) is 1. The number of hydrogen-bond acceptors (Lipinski definition) is 4. The normalized spacial score (nSPS) is 21.7. The van der Waals surface area contributed by atoms with Crippen molar-refractivity contribution >= 4 is 10.9 Å². The Bertz CT molecular complexity index is 860. The molecule has 0 radical (unpaired) electrons. The van der Waals surface area contributed by atoms with Crippen LogP contribution in [0.4, 0.5) is 0 Å². The van der Waals surface area contributed by atoms with Gasteiger partial charge in [0.05, 0.1) is 11.2 Å². The maximum absolute atomic E-state index is 5.95. The molecule has 1 aliphatic rings. The van der Waals surface area contributed by atoms with Crippen molar-refractivity contribution in [3.8, 4) is 0 Å². The zero-order valence-electron chi connectivity index (χ0n) is 14.7. The fourth-order valence-corrected chi connectivity index (χ4v) is 3.54. The topological polar surface area (TPSA) is 52.0 Å². The van der Waals surface area contributed by atoms with Gasteiger partial charge in [-0.15, -0.1) is 0 Å². The first-order chi connectivity index (χ1) is 12.2. The molecule has 1 aliphatic heterocycles. The van der Waals surface area contributed by atoms with Gasteiger partial charge >= 0.3 is 0 Å². The second-order valence-electron chi connectivity index (χ2n) is 6.80. The van der Waals surface area contributed by atoms with E-state index in [2.05, 4.69) is 46.1 Å². The second-order valence-corrected chi connectivity index (χ2v) is 6.80. The van der Waals surface area contributed by atoms with E-state index in [1.807, 2.05) is 31.6 Å². The van der Waals surface area contributed by atoms with E-state index < -0.39 is 0 Å². The van der Waals surface area contributed by atoms with E-state index in [1.54, 1.807) is 0 Å². The minimum Gasteiger partial charge on any atom is -0.370 e. The Kier molecular flexibility index (Phi) is 4.51. The molecular weight excluding hydrogens is 312 g/mol.